The molecule has 0 fully saturated rings. The molecule has 20 heavy (non-hydrogen) atoms. The molecule has 0 saturated heterocycles. The van der Waals surface area contributed by atoms with E-state index in [1.807, 2.05) is 0 Å². The maximum absolute atomic E-state index is 4.16. The van der Waals surface area contributed by atoms with Crippen molar-refractivity contribution in [3.05, 3.63) is 42.0 Å². The van der Waals surface area contributed by atoms with E-state index < -0.39 is 0 Å². The summed E-state index contributed by atoms with van der Waals surface area (Å²) in [7, 11) is 0. The Bertz CT molecular complexity index is 413. The highest BCUT2D eigenvalue weighted by atomic mass is 15.2. The van der Waals surface area contributed by atoms with Crippen LogP contribution in [-0.4, -0.2) is 30.1 Å². The van der Waals surface area contributed by atoms with Crippen molar-refractivity contribution in [3.63, 3.8) is 0 Å². The molecule has 112 valence electrons. The zero-order valence-electron chi connectivity index (χ0n) is 13.7. The fourth-order valence-electron chi connectivity index (χ4n) is 2.53. The summed E-state index contributed by atoms with van der Waals surface area (Å²) < 4.78 is 0. The minimum absolute atomic E-state index is 0.577. The van der Waals surface area contributed by atoms with Gasteiger partial charge in [0.25, 0.3) is 0 Å². The smallest absolute Gasteiger partial charge is 0.0341 e. The molecule has 0 aliphatic rings. The second-order valence-corrected chi connectivity index (χ2v) is 5.88. The number of rotatable bonds is 8. The first kappa shape index (κ1) is 16.8. The monoisotopic (exact) mass is 274 g/mol. The molecule has 0 saturated carbocycles. The Morgan fingerprint density at radius 2 is 1.85 bits per heavy atom. The van der Waals surface area contributed by atoms with Crippen molar-refractivity contribution in [2.45, 2.75) is 53.1 Å². The minimum atomic E-state index is 0.577. The molecule has 0 aliphatic heterocycles. The van der Waals surface area contributed by atoms with Crippen LogP contribution in [0.1, 0.15) is 45.7 Å². The first-order valence-electron chi connectivity index (χ1n) is 7.73. The molecule has 0 bridgehead atoms. The fourth-order valence-corrected chi connectivity index (χ4v) is 2.53. The first-order chi connectivity index (χ1) is 9.45. The van der Waals surface area contributed by atoms with Crippen molar-refractivity contribution >= 4 is 5.70 Å². The number of nitrogens with one attached hydrogen (secondary N) is 1. The molecule has 0 radical (unpaired) electrons. The van der Waals surface area contributed by atoms with Crippen LogP contribution in [0, 0.1) is 0 Å². The Kier molecular flexibility index (Phi) is 6.80. The number of hydrogen-bond donors (Lipinski definition) is 1. The van der Waals surface area contributed by atoms with Gasteiger partial charge in [-0.3, -0.25) is 4.90 Å². The van der Waals surface area contributed by atoms with E-state index in [1.54, 1.807) is 0 Å². The molecule has 1 N–H and O–H groups in total. The maximum atomic E-state index is 4.16. The molecule has 0 heterocycles. The van der Waals surface area contributed by atoms with Crippen LogP contribution in [0.3, 0.4) is 0 Å². The van der Waals surface area contributed by atoms with Gasteiger partial charge in [-0.15, -0.1) is 0 Å². The quantitative estimate of drug-likeness (QED) is 0.772. The van der Waals surface area contributed by atoms with E-state index >= 15 is 0 Å². The van der Waals surface area contributed by atoms with Crippen molar-refractivity contribution in [1.29, 1.82) is 0 Å². The third kappa shape index (κ3) is 5.01. The second-order valence-electron chi connectivity index (χ2n) is 5.88. The van der Waals surface area contributed by atoms with E-state index in [9.17, 15) is 0 Å². The van der Waals surface area contributed by atoms with Gasteiger partial charge in [-0.1, -0.05) is 31.7 Å². The lowest BCUT2D eigenvalue weighted by Crippen LogP contribution is -2.41. The van der Waals surface area contributed by atoms with Crippen molar-refractivity contribution < 1.29 is 0 Å². The lowest BCUT2D eigenvalue weighted by molar-refractivity contribution is 0.178. The van der Waals surface area contributed by atoms with Crippen molar-refractivity contribution in [2.75, 3.05) is 13.1 Å². The second kappa shape index (κ2) is 8.11. The Labute approximate surface area is 124 Å². The average molecular weight is 274 g/mol. The van der Waals surface area contributed by atoms with E-state index in [0.29, 0.717) is 12.1 Å². The summed E-state index contributed by atoms with van der Waals surface area (Å²) in [6.07, 6.45) is 1.07. The van der Waals surface area contributed by atoms with Gasteiger partial charge >= 0.3 is 0 Å². The molecular formula is C18H30N2. The van der Waals surface area contributed by atoms with Gasteiger partial charge in [0.1, 0.15) is 0 Å². The van der Waals surface area contributed by atoms with Crippen LogP contribution in [0.4, 0.5) is 0 Å². The van der Waals surface area contributed by atoms with Gasteiger partial charge in [0, 0.05) is 30.9 Å². The Hall–Kier alpha value is -1.28. The van der Waals surface area contributed by atoms with Gasteiger partial charge in [0.15, 0.2) is 0 Å². The highest BCUT2D eigenvalue weighted by Crippen LogP contribution is 2.12. The summed E-state index contributed by atoms with van der Waals surface area (Å²) in [6, 6.07) is 9.77. The highest BCUT2D eigenvalue weighted by Gasteiger charge is 2.12. The summed E-state index contributed by atoms with van der Waals surface area (Å²) in [4.78, 5) is 2.49. The zero-order chi connectivity index (χ0) is 15.1. The molecule has 0 unspecified atom stereocenters. The van der Waals surface area contributed by atoms with E-state index in [0.717, 1.165) is 25.2 Å². The van der Waals surface area contributed by atoms with E-state index in [4.69, 9.17) is 0 Å². The number of nitrogens with zero attached hydrogens (tertiary/aromatic N) is 1. The van der Waals surface area contributed by atoms with Crippen molar-refractivity contribution in [3.8, 4) is 0 Å². The van der Waals surface area contributed by atoms with Crippen LogP contribution in [0.15, 0.2) is 30.8 Å². The summed E-state index contributed by atoms with van der Waals surface area (Å²) >= 11 is 0. The molecule has 0 spiro atoms. The van der Waals surface area contributed by atoms with E-state index in [-0.39, 0.29) is 0 Å². The van der Waals surface area contributed by atoms with Crippen molar-refractivity contribution in [2.24, 2.45) is 0 Å². The molecule has 2 heteroatoms. The molecule has 0 amide bonds. The zero-order valence-corrected chi connectivity index (χ0v) is 13.7. The first-order valence-corrected chi connectivity index (χ1v) is 7.73. The summed E-state index contributed by atoms with van der Waals surface area (Å²) in [5.41, 5.74) is 3.58. The van der Waals surface area contributed by atoms with Gasteiger partial charge in [-0.2, -0.15) is 0 Å². The number of benzene rings is 1. The summed E-state index contributed by atoms with van der Waals surface area (Å²) in [5.74, 6) is 0. The van der Waals surface area contributed by atoms with Gasteiger partial charge in [-0.05, 0) is 51.3 Å². The minimum Gasteiger partial charge on any atom is -0.384 e. The molecule has 1 aromatic rings. The normalized spacial score (nSPS) is 11.4. The Morgan fingerprint density at radius 1 is 1.20 bits per heavy atom. The van der Waals surface area contributed by atoms with Crippen LogP contribution >= 0.6 is 0 Å². The van der Waals surface area contributed by atoms with Crippen LogP contribution in [-0.2, 0) is 6.42 Å². The van der Waals surface area contributed by atoms with Gasteiger partial charge < -0.3 is 5.32 Å². The molecule has 0 aliphatic carbocycles. The maximum Gasteiger partial charge on any atom is 0.0341 e. The van der Waals surface area contributed by atoms with E-state index in [2.05, 4.69) is 75.7 Å². The lowest BCUT2D eigenvalue weighted by atomic mass is 10.1. The van der Waals surface area contributed by atoms with E-state index in [1.165, 1.54) is 11.1 Å². The van der Waals surface area contributed by atoms with Crippen LogP contribution in [0.5, 0.6) is 0 Å². The van der Waals surface area contributed by atoms with Gasteiger partial charge in [0.2, 0.25) is 0 Å². The molecule has 0 atom stereocenters. The predicted molar refractivity (Wildman–Crippen MR) is 89.8 cm³/mol. The SMILES string of the molecule is C=C(NCCN(C(C)C)C(C)C)c1cccc(CC)c1. The Balaban J connectivity index is 2.50. The van der Waals surface area contributed by atoms with Gasteiger partial charge in [0.05, 0.1) is 0 Å². The largest absolute Gasteiger partial charge is 0.384 e. The molecule has 0 aromatic heterocycles. The number of aryl methyl sites for hydroxylation is 1. The lowest BCUT2D eigenvalue weighted by Gasteiger charge is -2.30. The van der Waals surface area contributed by atoms with Gasteiger partial charge in [-0.25, -0.2) is 0 Å². The summed E-state index contributed by atoms with van der Waals surface area (Å²) in [5, 5.41) is 3.45. The standard InChI is InChI=1S/C18H30N2/c1-7-17-9-8-10-18(13-17)16(6)19-11-12-20(14(2)3)15(4)5/h8-10,13-15,19H,6-7,11-12H2,1-5H3. The van der Waals surface area contributed by atoms with Crippen LogP contribution in [0.2, 0.25) is 0 Å². The fraction of sp³-hybridized carbons (Fsp3) is 0.556. The van der Waals surface area contributed by atoms with Crippen molar-refractivity contribution in [1.82, 2.24) is 10.2 Å². The molecule has 2 nitrogen and oxygen atoms in total. The topological polar surface area (TPSA) is 15.3 Å². The average Bonchev–Trinajstić information content (AvgIpc) is 2.42. The molecular weight excluding hydrogens is 244 g/mol. The Morgan fingerprint density at radius 3 is 2.40 bits per heavy atom. The van der Waals surface area contributed by atoms with Crippen LogP contribution in [0.25, 0.3) is 5.70 Å². The third-order valence-electron chi connectivity index (χ3n) is 3.72. The predicted octanol–water partition coefficient (Wildman–Crippen LogP) is 3.93. The third-order valence-corrected chi connectivity index (χ3v) is 3.72. The number of hydrogen-bond acceptors (Lipinski definition) is 2. The molecule has 1 aromatic carbocycles. The highest BCUT2D eigenvalue weighted by molar-refractivity contribution is 5.62. The summed E-state index contributed by atoms with van der Waals surface area (Å²) in [6.45, 7) is 17.3. The van der Waals surface area contributed by atoms with Crippen LogP contribution < -0.4 is 5.32 Å². The molecule has 1 rings (SSSR count).